The second kappa shape index (κ2) is 4.94. The highest BCUT2D eigenvalue weighted by Crippen LogP contribution is 2.19. The standard InChI is InChI=1S/C11H22N2O2/c1-3-11(12,4-2)10(15)13-7-5-9(14)6-8-13/h9,14H,3-8,12H2,1-2H3. The van der Waals surface area contributed by atoms with Gasteiger partial charge in [0.1, 0.15) is 0 Å². The number of carbonyl (C=O) groups excluding carboxylic acids is 1. The average Bonchev–Trinajstić information content (AvgIpc) is 2.28. The van der Waals surface area contributed by atoms with E-state index >= 15 is 0 Å². The summed E-state index contributed by atoms with van der Waals surface area (Å²) < 4.78 is 0. The summed E-state index contributed by atoms with van der Waals surface area (Å²) in [5, 5.41) is 9.36. The van der Waals surface area contributed by atoms with E-state index < -0.39 is 5.54 Å². The first-order valence-electron chi connectivity index (χ1n) is 5.79. The summed E-state index contributed by atoms with van der Waals surface area (Å²) in [6.45, 7) is 5.16. The molecule has 0 aromatic rings. The zero-order chi connectivity index (χ0) is 11.5. The lowest BCUT2D eigenvalue weighted by Crippen LogP contribution is -2.56. The van der Waals surface area contributed by atoms with Crippen molar-refractivity contribution in [2.75, 3.05) is 13.1 Å². The average molecular weight is 214 g/mol. The predicted octanol–water partition coefficient (Wildman–Crippen LogP) is 0.487. The quantitative estimate of drug-likeness (QED) is 0.718. The van der Waals surface area contributed by atoms with Crippen molar-refractivity contribution >= 4 is 5.91 Å². The normalized spacial score (nSPS) is 19.3. The van der Waals surface area contributed by atoms with Gasteiger partial charge in [0.05, 0.1) is 11.6 Å². The monoisotopic (exact) mass is 214 g/mol. The van der Waals surface area contributed by atoms with Gasteiger partial charge in [0.15, 0.2) is 0 Å². The van der Waals surface area contributed by atoms with Crippen molar-refractivity contribution in [3.63, 3.8) is 0 Å². The molecule has 88 valence electrons. The molecule has 0 unspecified atom stereocenters. The molecule has 15 heavy (non-hydrogen) atoms. The number of carbonyl (C=O) groups is 1. The van der Waals surface area contributed by atoms with E-state index in [4.69, 9.17) is 5.73 Å². The van der Waals surface area contributed by atoms with Crippen LogP contribution in [-0.2, 0) is 4.79 Å². The van der Waals surface area contributed by atoms with E-state index in [1.165, 1.54) is 0 Å². The van der Waals surface area contributed by atoms with Crippen LogP contribution in [0.2, 0.25) is 0 Å². The molecule has 0 atom stereocenters. The highest BCUT2D eigenvalue weighted by molar-refractivity contribution is 5.86. The van der Waals surface area contributed by atoms with Crippen molar-refractivity contribution in [2.24, 2.45) is 5.73 Å². The van der Waals surface area contributed by atoms with Gasteiger partial charge in [0.25, 0.3) is 0 Å². The maximum atomic E-state index is 12.1. The molecule has 0 aliphatic carbocycles. The summed E-state index contributed by atoms with van der Waals surface area (Å²) in [6, 6.07) is 0. The van der Waals surface area contributed by atoms with Crippen molar-refractivity contribution in [2.45, 2.75) is 51.2 Å². The van der Waals surface area contributed by atoms with Gasteiger partial charge < -0.3 is 15.7 Å². The van der Waals surface area contributed by atoms with E-state index in [1.807, 2.05) is 13.8 Å². The van der Waals surface area contributed by atoms with Gasteiger partial charge in [-0.3, -0.25) is 4.79 Å². The van der Waals surface area contributed by atoms with Gasteiger partial charge in [-0.15, -0.1) is 0 Å². The first-order valence-corrected chi connectivity index (χ1v) is 5.79. The molecule has 1 amide bonds. The van der Waals surface area contributed by atoms with Gasteiger partial charge in [-0.1, -0.05) is 13.8 Å². The highest BCUT2D eigenvalue weighted by atomic mass is 16.3. The predicted molar refractivity (Wildman–Crippen MR) is 59.3 cm³/mol. The molecule has 0 aromatic carbocycles. The number of nitrogens with two attached hydrogens (primary N) is 1. The van der Waals surface area contributed by atoms with Crippen LogP contribution in [0.25, 0.3) is 0 Å². The Morgan fingerprint density at radius 1 is 1.40 bits per heavy atom. The molecule has 0 radical (unpaired) electrons. The summed E-state index contributed by atoms with van der Waals surface area (Å²) in [4.78, 5) is 13.9. The smallest absolute Gasteiger partial charge is 0.242 e. The third-order valence-corrected chi connectivity index (χ3v) is 3.44. The van der Waals surface area contributed by atoms with E-state index in [2.05, 4.69) is 0 Å². The van der Waals surface area contributed by atoms with Crippen LogP contribution < -0.4 is 5.73 Å². The third-order valence-electron chi connectivity index (χ3n) is 3.44. The number of nitrogens with zero attached hydrogens (tertiary/aromatic N) is 1. The molecule has 0 bridgehead atoms. The number of rotatable bonds is 3. The van der Waals surface area contributed by atoms with Gasteiger partial charge >= 0.3 is 0 Å². The number of aliphatic hydroxyl groups is 1. The molecule has 1 rings (SSSR count). The second-order valence-electron chi connectivity index (χ2n) is 4.39. The highest BCUT2D eigenvalue weighted by Gasteiger charge is 2.35. The molecule has 1 aliphatic heterocycles. The van der Waals surface area contributed by atoms with Gasteiger partial charge in [0, 0.05) is 13.1 Å². The van der Waals surface area contributed by atoms with E-state index in [1.54, 1.807) is 4.90 Å². The lowest BCUT2D eigenvalue weighted by atomic mass is 9.91. The molecule has 1 heterocycles. The van der Waals surface area contributed by atoms with E-state index in [9.17, 15) is 9.90 Å². The van der Waals surface area contributed by atoms with Crippen LogP contribution >= 0.6 is 0 Å². The summed E-state index contributed by atoms with van der Waals surface area (Å²) in [6.07, 6.45) is 2.44. The first kappa shape index (κ1) is 12.5. The van der Waals surface area contributed by atoms with E-state index in [0.717, 1.165) is 0 Å². The lowest BCUT2D eigenvalue weighted by molar-refractivity contribution is -0.139. The minimum Gasteiger partial charge on any atom is -0.393 e. The van der Waals surface area contributed by atoms with Crippen LogP contribution in [0.5, 0.6) is 0 Å². The lowest BCUT2D eigenvalue weighted by Gasteiger charge is -2.36. The zero-order valence-corrected chi connectivity index (χ0v) is 9.70. The SMILES string of the molecule is CCC(N)(CC)C(=O)N1CCC(O)CC1. The Kier molecular flexibility index (Phi) is 4.11. The van der Waals surface area contributed by atoms with Crippen molar-refractivity contribution in [1.29, 1.82) is 0 Å². The van der Waals surface area contributed by atoms with Crippen LogP contribution in [0.1, 0.15) is 39.5 Å². The topological polar surface area (TPSA) is 66.6 Å². The summed E-state index contributed by atoms with van der Waals surface area (Å²) in [5.74, 6) is 0.0411. The van der Waals surface area contributed by atoms with Crippen molar-refractivity contribution in [3.05, 3.63) is 0 Å². The first-order chi connectivity index (χ1) is 7.03. The van der Waals surface area contributed by atoms with Crippen molar-refractivity contribution < 1.29 is 9.90 Å². The Morgan fingerprint density at radius 3 is 2.27 bits per heavy atom. The van der Waals surface area contributed by atoms with Crippen molar-refractivity contribution in [1.82, 2.24) is 4.90 Å². The fraction of sp³-hybridized carbons (Fsp3) is 0.909. The fourth-order valence-corrected chi connectivity index (χ4v) is 1.94. The molecule has 3 N–H and O–H groups in total. The number of amides is 1. The molecule has 0 saturated carbocycles. The number of hydrogen-bond donors (Lipinski definition) is 2. The number of likely N-dealkylation sites (tertiary alicyclic amines) is 1. The molecular weight excluding hydrogens is 192 g/mol. The Balaban J connectivity index is 2.60. The van der Waals surface area contributed by atoms with Crippen LogP contribution in [0.15, 0.2) is 0 Å². The number of aliphatic hydroxyl groups excluding tert-OH is 1. The van der Waals surface area contributed by atoms with Crippen molar-refractivity contribution in [3.8, 4) is 0 Å². The van der Waals surface area contributed by atoms with E-state index in [0.29, 0.717) is 38.8 Å². The van der Waals surface area contributed by atoms with Gasteiger partial charge in [-0.2, -0.15) is 0 Å². The van der Waals surface area contributed by atoms with Crippen LogP contribution in [0.3, 0.4) is 0 Å². The molecule has 0 spiro atoms. The van der Waals surface area contributed by atoms with Crippen LogP contribution in [0, 0.1) is 0 Å². The molecule has 1 aliphatic rings. The molecular formula is C11H22N2O2. The maximum absolute atomic E-state index is 12.1. The second-order valence-corrected chi connectivity index (χ2v) is 4.39. The number of hydrogen-bond acceptors (Lipinski definition) is 3. The molecule has 1 fully saturated rings. The summed E-state index contributed by atoms with van der Waals surface area (Å²) >= 11 is 0. The minimum atomic E-state index is -0.706. The molecule has 4 nitrogen and oxygen atoms in total. The Bertz CT molecular complexity index is 219. The van der Waals surface area contributed by atoms with Gasteiger partial charge in [-0.25, -0.2) is 0 Å². The minimum absolute atomic E-state index is 0.0411. The molecule has 1 saturated heterocycles. The van der Waals surface area contributed by atoms with Gasteiger partial charge in [0.2, 0.25) is 5.91 Å². The molecule has 0 aromatic heterocycles. The zero-order valence-electron chi connectivity index (χ0n) is 9.70. The Hall–Kier alpha value is -0.610. The maximum Gasteiger partial charge on any atom is 0.242 e. The third kappa shape index (κ3) is 2.69. The summed E-state index contributed by atoms with van der Waals surface area (Å²) in [5.41, 5.74) is 5.35. The number of piperidine rings is 1. The van der Waals surface area contributed by atoms with Crippen LogP contribution in [-0.4, -0.2) is 40.6 Å². The molecule has 4 heteroatoms. The fourth-order valence-electron chi connectivity index (χ4n) is 1.94. The summed E-state index contributed by atoms with van der Waals surface area (Å²) in [7, 11) is 0. The van der Waals surface area contributed by atoms with E-state index in [-0.39, 0.29) is 12.0 Å². The van der Waals surface area contributed by atoms with Gasteiger partial charge in [-0.05, 0) is 25.7 Å². The van der Waals surface area contributed by atoms with Crippen LogP contribution in [0.4, 0.5) is 0 Å². The largest absolute Gasteiger partial charge is 0.393 e. The Labute approximate surface area is 91.4 Å². The Morgan fingerprint density at radius 2 is 1.87 bits per heavy atom.